The molecule has 2 rings (SSSR count). The summed E-state index contributed by atoms with van der Waals surface area (Å²) < 4.78 is 0. The normalized spacial score (nSPS) is 18.1. The molecule has 3 nitrogen and oxygen atoms in total. The van der Waals surface area contributed by atoms with Crippen LogP contribution in [-0.4, -0.2) is 28.3 Å². The number of nitrogens with one attached hydrogen (secondary N) is 1. The summed E-state index contributed by atoms with van der Waals surface area (Å²) in [6.07, 6.45) is 6.98. The van der Waals surface area contributed by atoms with Gasteiger partial charge in [0.25, 0.3) is 0 Å². The molecule has 0 amide bonds. The first-order chi connectivity index (χ1) is 9.69. The van der Waals surface area contributed by atoms with Gasteiger partial charge in [0.05, 0.1) is 0 Å². The molecule has 1 fully saturated rings. The van der Waals surface area contributed by atoms with Crippen molar-refractivity contribution in [3.8, 4) is 0 Å². The maximum atomic E-state index is 4.54. The number of hydrogen-bond donors (Lipinski definition) is 1. The number of hydrogen-bond acceptors (Lipinski definition) is 4. The molecule has 20 heavy (non-hydrogen) atoms. The van der Waals surface area contributed by atoms with Crippen LogP contribution in [-0.2, 0) is 0 Å². The summed E-state index contributed by atoms with van der Waals surface area (Å²) in [5.74, 6) is 1.92. The Kier molecular flexibility index (Phi) is 6.30. The van der Waals surface area contributed by atoms with Crippen LogP contribution in [0.5, 0.6) is 0 Å². The molecule has 0 aromatic carbocycles. The molecule has 1 aromatic rings. The van der Waals surface area contributed by atoms with Gasteiger partial charge in [-0.1, -0.05) is 37.9 Å². The maximum Gasteiger partial charge on any atom is 0.188 e. The molecule has 1 heterocycles. The fourth-order valence-corrected chi connectivity index (χ4v) is 4.22. The van der Waals surface area contributed by atoms with Gasteiger partial charge in [0.15, 0.2) is 5.16 Å². The van der Waals surface area contributed by atoms with Crippen molar-refractivity contribution < 1.29 is 0 Å². The van der Waals surface area contributed by atoms with Crippen LogP contribution < -0.4 is 5.32 Å². The maximum absolute atomic E-state index is 4.54. The molecule has 0 bridgehead atoms. The lowest BCUT2D eigenvalue weighted by Crippen LogP contribution is -2.39. The summed E-state index contributed by atoms with van der Waals surface area (Å²) in [7, 11) is 0. The van der Waals surface area contributed by atoms with E-state index in [0.29, 0.717) is 6.04 Å². The van der Waals surface area contributed by atoms with Gasteiger partial charge in [-0.05, 0) is 45.2 Å². The van der Waals surface area contributed by atoms with Crippen LogP contribution in [0.2, 0.25) is 0 Å². The van der Waals surface area contributed by atoms with Crippen molar-refractivity contribution in [3.05, 3.63) is 17.5 Å². The van der Waals surface area contributed by atoms with Gasteiger partial charge in [-0.15, -0.1) is 0 Å². The first-order valence-electron chi connectivity index (χ1n) is 7.87. The highest BCUT2D eigenvalue weighted by atomic mass is 32.2. The first-order valence-corrected chi connectivity index (χ1v) is 8.86. The Morgan fingerprint density at radius 3 is 2.45 bits per heavy atom. The largest absolute Gasteiger partial charge is 0.313 e. The van der Waals surface area contributed by atoms with E-state index in [4.69, 9.17) is 0 Å². The molecule has 112 valence electrons. The molecule has 1 aromatic heterocycles. The van der Waals surface area contributed by atoms with E-state index in [1.807, 2.05) is 19.9 Å². The Hall–Kier alpha value is -0.610. The summed E-state index contributed by atoms with van der Waals surface area (Å²) >= 11 is 1.81. The van der Waals surface area contributed by atoms with Crippen LogP contribution in [0.15, 0.2) is 11.2 Å². The summed E-state index contributed by atoms with van der Waals surface area (Å²) in [5.41, 5.74) is 2.13. The van der Waals surface area contributed by atoms with Gasteiger partial charge in [-0.2, -0.15) is 0 Å². The van der Waals surface area contributed by atoms with Crippen LogP contribution in [0.3, 0.4) is 0 Å². The van der Waals surface area contributed by atoms with Gasteiger partial charge >= 0.3 is 0 Å². The van der Waals surface area contributed by atoms with Crippen molar-refractivity contribution in [2.75, 3.05) is 12.3 Å². The minimum atomic E-state index is 0.606. The molecule has 1 saturated carbocycles. The highest BCUT2D eigenvalue weighted by Crippen LogP contribution is 2.29. The summed E-state index contributed by atoms with van der Waals surface area (Å²) in [6, 6.07) is 2.64. The fourth-order valence-electron chi connectivity index (χ4n) is 3.08. The Morgan fingerprint density at radius 2 is 1.85 bits per heavy atom. The monoisotopic (exact) mass is 293 g/mol. The minimum Gasteiger partial charge on any atom is -0.313 e. The zero-order chi connectivity index (χ0) is 14.4. The average molecular weight is 293 g/mol. The highest BCUT2D eigenvalue weighted by Gasteiger charge is 2.23. The van der Waals surface area contributed by atoms with E-state index >= 15 is 0 Å². The highest BCUT2D eigenvalue weighted by molar-refractivity contribution is 7.99. The Bertz CT molecular complexity index is 396. The van der Waals surface area contributed by atoms with E-state index in [0.717, 1.165) is 34.8 Å². The second kappa shape index (κ2) is 7.99. The van der Waals surface area contributed by atoms with E-state index in [1.54, 1.807) is 11.8 Å². The smallest absolute Gasteiger partial charge is 0.188 e. The number of aromatic nitrogens is 2. The second-order valence-corrected chi connectivity index (χ2v) is 6.79. The number of rotatable bonds is 6. The molecule has 4 heteroatoms. The topological polar surface area (TPSA) is 37.8 Å². The predicted octanol–water partition coefficient (Wildman–Crippen LogP) is 3.74. The lowest BCUT2D eigenvalue weighted by atomic mass is 9.84. The van der Waals surface area contributed by atoms with Gasteiger partial charge in [0, 0.05) is 23.2 Å². The minimum absolute atomic E-state index is 0.606. The van der Waals surface area contributed by atoms with Crippen molar-refractivity contribution in [2.45, 2.75) is 64.1 Å². The third-order valence-electron chi connectivity index (χ3n) is 4.04. The molecule has 1 aliphatic carbocycles. The standard InChI is InChI=1S/C16H27N3S/c1-4-17-15(14-8-6-5-7-9-14)11-20-16-18-12(2)10-13(3)19-16/h10,14-15,17H,4-9,11H2,1-3H3. The van der Waals surface area contributed by atoms with Gasteiger partial charge in [-0.3, -0.25) is 0 Å². The van der Waals surface area contributed by atoms with E-state index < -0.39 is 0 Å². The molecule has 1 aliphatic rings. The van der Waals surface area contributed by atoms with Gasteiger partial charge in [-0.25, -0.2) is 9.97 Å². The van der Waals surface area contributed by atoms with E-state index in [1.165, 1.54) is 32.1 Å². The molecular formula is C16H27N3S. The Labute approximate surface area is 127 Å². The van der Waals surface area contributed by atoms with Gasteiger partial charge in [0.2, 0.25) is 0 Å². The van der Waals surface area contributed by atoms with Crippen LogP contribution in [0, 0.1) is 19.8 Å². The second-order valence-electron chi connectivity index (χ2n) is 5.81. The van der Waals surface area contributed by atoms with Gasteiger partial charge in [0.1, 0.15) is 0 Å². The Morgan fingerprint density at radius 1 is 1.20 bits per heavy atom. The van der Waals surface area contributed by atoms with Crippen LogP contribution in [0.4, 0.5) is 0 Å². The summed E-state index contributed by atoms with van der Waals surface area (Å²) in [4.78, 5) is 9.07. The molecule has 0 spiro atoms. The molecule has 1 atom stereocenters. The summed E-state index contributed by atoms with van der Waals surface area (Å²) in [6.45, 7) is 7.34. The lowest BCUT2D eigenvalue weighted by molar-refractivity contribution is 0.288. The van der Waals surface area contributed by atoms with E-state index in [2.05, 4.69) is 22.2 Å². The Balaban J connectivity index is 1.93. The van der Waals surface area contributed by atoms with Crippen molar-refractivity contribution in [1.29, 1.82) is 0 Å². The predicted molar refractivity (Wildman–Crippen MR) is 86.3 cm³/mol. The molecule has 1 unspecified atom stereocenters. The SMILES string of the molecule is CCNC(CSc1nc(C)cc(C)n1)C1CCCCC1. The van der Waals surface area contributed by atoms with Crippen molar-refractivity contribution >= 4 is 11.8 Å². The third kappa shape index (κ3) is 4.74. The van der Waals surface area contributed by atoms with Gasteiger partial charge < -0.3 is 5.32 Å². The zero-order valence-corrected chi connectivity index (χ0v) is 13.8. The molecular weight excluding hydrogens is 266 g/mol. The lowest BCUT2D eigenvalue weighted by Gasteiger charge is -2.30. The molecule has 0 aliphatic heterocycles. The van der Waals surface area contributed by atoms with Crippen LogP contribution in [0.25, 0.3) is 0 Å². The quantitative estimate of drug-likeness (QED) is 0.640. The number of thioether (sulfide) groups is 1. The summed E-state index contributed by atoms with van der Waals surface area (Å²) in [5, 5.41) is 4.61. The number of nitrogens with zero attached hydrogens (tertiary/aromatic N) is 2. The van der Waals surface area contributed by atoms with Crippen molar-refractivity contribution in [2.24, 2.45) is 5.92 Å². The third-order valence-corrected chi connectivity index (χ3v) is 5.01. The average Bonchev–Trinajstić information content (AvgIpc) is 2.43. The van der Waals surface area contributed by atoms with Crippen LogP contribution >= 0.6 is 11.8 Å². The van der Waals surface area contributed by atoms with Crippen LogP contribution in [0.1, 0.15) is 50.4 Å². The zero-order valence-electron chi connectivity index (χ0n) is 13.0. The molecule has 0 radical (unpaired) electrons. The fraction of sp³-hybridized carbons (Fsp3) is 0.750. The van der Waals surface area contributed by atoms with Crippen molar-refractivity contribution in [1.82, 2.24) is 15.3 Å². The van der Waals surface area contributed by atoms with Crippen molar-refractivity contribution in [3.63, 3.8) is 0 Å². The molecule has 1 N–H and O–H groups in total. The first kappa shape index (κ1) is 15.8. The van der Waals surface area contributed by atoms with E-state index in [9.17, 15) is 0 Å². The van der Waals surface area contributed by atoms with E-state index in [-0.39, 0.29) is 0 Å². The number of aryl methyl sites for hydroxylation is 2. The molecule has 0 saturated heterocycles.